The van der Waals surface area contributed by atoms with Crippen LogP contribution in [-0.2, 0) is 6.54 Å². The van der Waals surface area contributed by atoms with Crippen LogP contribution in [0.25, 0.3) is 11.1 Å². The number of aromatic amines is 1. The molecule has 0 radical (unpaired) electrons. The number of amides is 1. The third-order valence-corrected chi connectivity index (χ3v) is 5.33. The van der Waals surface area contributed by atoms with Gasteiger partial charge in [0.1, 0.15) is 5.69 Å². The Bertz CT molecular complexity index is 904. The van der Waals surface area contributed by atoms with Crippen LogP contribution in [0.2, 0.25) is 5.02 Å². The van der Waals surface area contributed by atoms with E-state index < -0.39 is 6.10 Å². The third kappa shape index (κ3) is 4.07. The van der Waals surface area contributed by atoms with Crippen molar-refractivity contribution in [1.29, 1.82) is 0 Å². The highest BCUT2D eigenvalue weighted by Crippen LogP contribution is 2.28. The molecule has 1 saturated carbocycles. The molecule has 6 nitrogen and oxygen atoms in total. The number of rotatable bonds is 5. The summed E-state index contributed by atoms with van der Waals surface area (Å²) in [6.07, 6.45) is 8.11. The molecule has 27 heavy (non-hydrogen) atoms. The van der Waals surface area contributed by atoms with Gasteiger partial charge in [-0.2, -0.15) is 0 Å². The van der Waals surface area contributed by atoms with Crippen LogP contribution in [0.4, 0.5) is 0 Å². The van der Waals surface area contributed by atoms with Crippen LogP contribution in [0.3, 0.4) is 0 Å². The Balaban J connectivity index is 1.38. The van der Waals surface area contributed by atoms with Crippen molar-refractivity contribution < 1.29 is 9.90 Å². The summed E-state index contributed by atoms with van der Waals surface area (Å²) in [5.41, 5.74) is 2.38. The van der Waals surface area contributed by atoms with Crippen molar-refractivity contribution in [2.75, 3.05) is 0 Å². The molecule has 4 rings (SSSR count). The summed E-state index contributed by atoms with van der Waals surface area (Å²) in [5, 5.41) is 14.0. The largest absolute Gasteiger partial charge is 0.391 e. The standard InChI is InChI=1S/C20H21ClN4O2/c21-16-3-1-14(2-4-16)15-9-18(23-10-15)20(27)24-17-7-13(8-19(17)26)11-25-6-5-22-12-25/h1-6,9-10,12-13,17,19,23,26H,7-8,11H2,(H,24,27)/t13?,17-,19-/m1/s1. The molecule has 1 unspecified atom stereocenters. The maximum atomic E-state index is 12.6. The van der Waals surface area contributed by atoms with E-state index in [1.807, 2.05) is 41.1 Å². The van der Waals surface area contributed by atoms with E-state index in [0.29, 0.717) is 23.1 Å². The van der Waals surface area contributed by atoms with Crippen molar-refractivity contribution >= 4 is 17.5 Å². The van der Waals surface area contributed by atoms with E-state index in [9.17, 15) is 9.90 Å². The van der Waals surface area contributed by atoms with Crippen molar-refractivity contribution in [2.45, 2.75) is 31.5 Å². The lowest BCUT2D eigenvalue weighted by Gasteiger charge is -2.15. The molecule has 0 saturated heterocycles. The smallest absolute Gasteiger partial charge is 0.268 e. The van der Waals surface area contributed by atoms with Gasteiger partial charge in [0.2, 0.25) is 0 Å². The Morgan fingerprint density at radius 1 is 1.30 bits per heavy atom. The van der Waals surface area contributed by atoms with E-state index in [-0.39, 0.29) is 11.9 Å². The van der Waals surface area contributed by atoms with Crippen molar-refractivity contribution in [3.63, 3.8) is 0 Å². The first-order valence-corrected chi connectivity index (χ1v) is 9.35. The second-order valence-corrected chi connectivity index (χ2v) is 7.49. The molecular formula is C20H21ClN4O2. The number of carbonyl (C=O) groups is 1. The van der Waals surface area contributed by atoms with E-state index in [2.05, 4.69) is 15.3 Å². The first kappa shape index (κ1) is 17.8. The predicted octanol–water partition coefficient (Wildman–Crippen LogP) is 3.10. The average Bonchev–Trinajstić information content (AvgIpc) is 3.38. The third-order valence-electron chi connectivity index (χ3n) is 5.08. The van der Waals surface area contributed by atoms with Gasteiger partial charge in [-0.1, -0.05) is 23.7 Å². The normalized spacial score (nSPS) is 22.1. The molecule has 3 N–H and O–H groups in total. The number of H-pyrrole nitrogens is 1. The van der Waals surface area contributed by atoms with E-state index in [1.54, 1.807) is 18.7 Å². The average molecular weight is 385 g/mol. The summed E-state index contributed by atoms with van der Waals surface area (Å²) in [6.45, 7) is 0.798. The van der Waals surface area contributed by atoms with E-state index in [0.717, 1.165) is 24.1 Å². The minimum atomic E-state index is -0.534. The molecule has 2 heterocycles. The first-order valence-electron chi connectivity index (χ1n) is 8.97. The SMILES string of the molecule is O=C(N[C@@H]1CC(Cn2ccnc2)C[C@H]1O)c1cc(-c2ccc(Cl)cc2)c[nH]1. The summed E-state index contributed by atoms with van der Waals surface area (Å²) in [6, 6.07) is 9.03. The van der Waals surface area contributed by atoms with Crippen LogP contribution in [0.15, 0.2) is 55.2 Å². The molecule has 0 aliphatic heterocycles. The van der Waals surface area contributed by atoms with Crippen LogP contribution in [-0.4, -0.2) is 37.7 Å². The summed E-state index contributed by atoms with van der Waals surface area (Å²) >= 11 is 5.92. The fraction of sp³-hybridized carbons (Fsp3) is 0.300. The van der Waals surface area contributed by atoms with E-state index >= 15 is 0 Å². The predicted molar refractivity (Wildman–Crippen MR) is 103 cm³/mol. The van der Waals surface area contributed by atoms with Crippen LogP contribution in [0.5, 0.6) is 0 Å². The van der Waals surface area contributed by atoms with Gasteiger partial charge in [0, 0.05) is 30.2 Å². The van der Waals surface area contributed by atoms with Crippen LogP contribution < -0.4 is 5.32 Å². The number of nitrogens with one attached hydrogen (secondary N) is 2. The number of hydrogen-bond donors (Lipinski definition) is 3. The van der Waals surface area contributed by atoms with Crippen molar-refractivity contribution in [3.8, 4) is 11.1 Å². The summed E-state index contributed by atoms with van der Waals surface area (Å²) in [4.78, 5) is 19.6. The van der Waals surface area contributed by atoms with Gasteiger partial charge in [0.05, 0.1) is 18.5 Å². The molecule has 2 aromatic heterocycles. The number of aromatic nitrogens is 3. The molecular weight excluding hydrogens is 364 g/mol. The molecule has 1 aromatic carbocycles. The number of aliphatic hydroxyl groups excluding tert-OH is 1. The fourth-order valence-corrected chi connectivity index (χ4v) is 3.82. The summed E-state index contributed by atoms with van der Waals surface area (Å²) in [5.74, 6) is 0.107. The molecule has 0 bridgehead atoms. The number of carbonyl (C=O) groups excluding carboxylic acids is 1. The minimum Gasteiger partial charge on any atom is -0.391 e. The maximum Gasteiger partial charge on any atom is 0.268 e. The zero-order chi connectivity index (χ0) is 18.8. The lowest BCUT2D eigenvalue weighted by atomic mass is 10.1. The summed E-state index contributed by atoms with van der Waals surface area (Å²) < 4.78 is 2.00. The Kier molecular flexibility index (Phi) is 5.01. The zero-order valence-electron chi connectivity index (χ0n) is 14.7. The Hall–Kier alpha value is -2.57. The van der Waals surface area contributed by atoms with Gasteiger partial charge >= 0.3 is 0 Å². The van der Waals surface area contributed by atoms with Gasteiger partial charge in [-0.3, -0.25) is 4.79 Å². The Labute approximate surface area is 162 Å². The molecule has 3 aromatic rings. The first-order chi connectivity index (χ1) is 13.1. The number of imidazole rings is 1. The lowest BCUT2D eigenvalue weighted by Crippen LogP contribution is -2.40. The molecule has 1 aliphatic rings. The van der Waals surface area contributed by atoms with Crippen molar-refractivity contribution in [3.05, 3.63) is 66.0 Å². The second kappa shape index (κ2) is 7.58. The summed E-state index contributed by atoms with van der Waals surface area (Å²) in [7, 11) is 0. The molecule has 1 aliphatic carbocycles. The maximum absolute atomic E-state index is 12.6. The van der Waals surface area contributed by atoms with Crippen LogP contribution in [0, 0.1) is 5.92 Å². The number of halogens is 1. The van der Waals surface area contributed by atoms with Crippen LogP contribution >= 0.6 is 11.6 Å². The lowest BCUT2D eigenvalue weighted by molar-refractivity contribution is 0.0868. The molecule has 1 fully saturated rings. The zero-order valence-corrected chi connectivity index (χ0v) is 15.4. The van der Waals surface area contributed by atoms with Crippen molar-refractivity contribution in [1.82, 2.24) is 19.9 Å². The van der Waals surface area contributed by atoms with Gasteiger partial charge in [-0.15, -0.1) is 0 Å². The second-order valence-electron chi connectivity index (χ2n) is 7.05. The molecule has 140 valence electrons. The topological polar surface area (TPSA) is 82.9 Å². The molecule has 0 spiro atoms. The number of hydrogen-bond acceptors (Lipinski definition) is 3. The number of aliphatic hydroxyl groups is 1. The quantitative estimate of drug-likeness (QED) is 0.632. The van der Waals surface area contributed by atoms with Gasteiger partial charge in [-0.25, -0.2) is 4.98 Å². The highest BCUT2D eigenvalue weighted by Gasteiger charge is 2.34. The minimum absolute atomic E-state index is 0.206. The van der Waals surface area contributed by atoms with Gasteiger partial charge in [0.25, 0.3) is 5.91 Å². The van der Waals surface area contributed by atoms with Crippen LogP contribution in [0.1, 0.15) is 23.3 Å². The fourth-order valence-electron chi connectivity index (χ4n) is 3.70. The van der Waals surface area contributed by atoms with E-state index in [1.165, 1.54) is 0 Å². The molecule has 3 atom stereocenters. The van der Waals surface area contributed by atoms with E-state index in [4.69, 9.17) is 11.6 Å². The van der Waals surface area contributed by atoms with Gasteiger partial charge in [-0.05, 0) is 48.1 Å². The number of benzene rings is 1. The van der Waals surface area contributed by atoms with Crippen molar-refractivity contribution in [2.24, 2.45) is 5.92 Å². The highest BCUT2D eigenvalue weighted by molar-refractivity contribution is 6.30. The molecule has 1 amide bonds. The highest BCUT2D eigenvalue weighted by atomic mass is 35.5. The monoisotopic (exact) mass is 384 g/mol. The number of nitrogens with zero attached hydrogens (tertiary/aromatic N) is 2. The Morgan fingerprint density at radius 3 is 2.85 bits per heavy atom. The van der Waals surface area contributed by atoms with Gasteiger partial charge < -0.3 is 20.0 Å². The van der Waals surface area contributed by atoms with Gasteiger partial charge in [0.15, 0.2) is 0 Å². The Morgan fingerprint density at radius 2 is 2.11 bits per heavy atom. The molecule has 7 heteroatoms.